The van der Waals surface area contributed by atoms with E-state index in [1.807, 2.05) is 6.92 Å². The predicted octanol–water partition coefficient (Wildman–Crippen LogP) is 2.86. The first-order valence-corrected chi connectivity index (χ1v) is 7.69. The highest BCUT2D eigenvalue weighted by Crippen LogP contribution is 2.24. The summed E-state index contributed by atoms with van der Waals surface area (Å²) in [6.07, 6.45) is 4.28. The van der Waals surface area contributed by atoms with E-state index in [2.05, 4.69) is 5.32 Å². The van der Waals surface area contributed by atoms with Crippen molar-refractivity contribution < 1.29 is 13.9 Å². The largest absolute Gasteiger partial charge is 0.494 e. The molecule has 0 radical (unpaired) electrons. The lowest BCUT2D eigenvalue weighted by Crippen LogP contribution is -2.33. The lowest BCUT2D eigenvalue weighted by molar-refractivity contribution is 0.0939. The van der Waals surface area contributed by atoms with Crippen molar-refractivity contribution in [3.63, 3.8) is 0 Å². The molecule has 1 aromatic heterocycles. The van der Waals surface area contributed by atoms with Crippen LogP contribution in [0.25, 0.3) is 11.0 Å². The summed E-state index contributed by atoms with van der Waals surface area (Å²) in [4.78, 5) is 24.2. The standard InChI is InChI=1S/C17H19NO4/c1-2-21-12-7-8-13-14(10-16(19)22-15(13)9-12)17(20)18-11-5-3-4-6-11/h7-11H,2-6H2,1H3,(H,18,20). The van der Waals surface area contributed by atoms with Gasteiger partial charge in [0.25, 0.3) is 5.91 Å². The van der Waals surface area contributed by atoms with Gasteiger partial charge in [-0.05, 0) is 31.9 Å². The first-order valence-electron chi connectivity index (χ1n) is 7.69. The van der Waals surface area contributed by atoms with E-state index in [9.17, 15) is 9.59 Å². The maximum absolute atomic E-state index is 12.5. The zero-order chi connectivity index (χ0) is 15.5. The van der Waals surface area contributed by atoms with Crippen molar-refractivity contribution in [1.82, 2.24) is 5.32 Å². The highest BCUT2D eigenvalue weighted by atomic mass is 16.5. The minimum Gasteiger partial charge on any atom is -0.494 e. The van der Waals surface area contributed by atoms with Crippen LogP contribution in [0.2, 0.25) is 0 Å². The molecule has 1 aromatic carbocycles. The zero-order valence-corrected chi connectivity index (χ0v) is 12.6. The minimum atomic E-state index is -0.530. The number of amides is 1. The topological polar surface area (TPSA) is 68.5 Å². The summed E-state index contributed by atoms with van der Waals surface area (Å²) in [6.45, 7) is 2.41. The van der Waals surface area contributed by atoms with Gasteiger partial charge in [-0.25, -0.2) is 4.79 Å². The third-order valence-electron chi connectivity index (χ3n) is 3.96. The van der Waals surface area contributed by atoms with Crippen LogP contribution in [0, 0.1) is 0 Å². The number of carbonyl (C=O) groups is 1. The third kappa shape index (κ3) is 2.98. The number of rotatable bonds is 4. The smallest absolute Gasteiger partial charge is 0.337 e. The van der Waals surface area contributed by atoms with E-state index in [-0.39, 0.29) is 11.9 Å². The van der Waals surface area contributed by atoms with Crippen molar-refractivity contribution in [2.24, 2.45) is 0 Å². The molecular formula is C17H19NO4. The fourth-order valence-corrected chi connectivity index (χ4v) is 2.92. The van der Waals surface area contributed by atoms with Crippen molar-refractivity contribution in [3.05, 3.63) is 40.2 Å². The molecule has 1 N–H and O–H groups in total. The van der Waals surface area contributed by atoms with E-state index in [4.69, 9.17) is 9.15 Å². The van der Waals surface area contributed by atoms with E-state index < -0.39 is 5.63 Å². The molecule has 116 valence electrons. The fraction of sp³-hybridized carbons (Fsp3) is 0.412. The van der Waals surface area contributed by atoms with Gasteiger partial charge in [0.05, 0.1) is 12.2 Å². The lowest BCUT2D eigenvalue weighted by atomic mass is 10.1. The van der Waals surface area contributed by atoms with E-state index in [0.717, 1.165) is 25.7 Å². The Morgan fingerprint density at radius 1 is 1.32 bits per heavy atom. The van der Waals surface area contributed by atoms with Gasteiger partial charge in [-0.1, -0.05) is 12.8 Å². The van der Waals surface area contributed by atoms with Crippen molar-refractivity contribution in [3.8, 4) is 5.75 Å². The average Bonchev–Trinajstić information content (AvgIpc) is 2.99. The number of nitrogens with one attached hydrogen (secondary N) is 1. The third-order valence-corrected chi connectivity index (χ3v) is 3.96. The molecule has 0 unspecified atom stereocenters. The van der Waals surface area contributed by atoms with Crippen LogP contribution in [0.1, 0.15) is 43.0 Å². The maximum atomic E-state index is 12.5. The SMILES string of the molecule is CCOc1ccc2c(C(=O)NC3CCCC3)cc(=O)oc2c1. The molecule has 1 aliphatic rings. The monoisotopic (exact) mass is 301 g/mol. The second-order valence-corrected chi connectivity index (χ2v) is 5.52. The summed E-state index contributed by atoms with van der Waals surface area (Å²) in [7, 11) is 0. The molecule has 1 fully saturated rings. The van der Waals surface area contributed by atoms with Crippen molar-refractivity contribution >= 4 is 16.9 Å². The lowest BCUT2D eigenvalue weighted by Gasteiger charge is -2.13. The first-order chi connectivity index (χ1) is 10.7. The van der Waals surface area contributed by atoms with Crippen LogP contribution in [-0.4, -0.2) is 18.6 Å². The van der Waals surface area contributed by atoms with Gasteiger partial charge in [-0.15, -0.1) is 0 Å². The second kappa shape index (κ2) is 6.22. The predicted molar refractivity (Wildman–Crippen MR) is 83.4 cm³/mol. The molecule has 0 spiro atoms. The van der Waals surface area contributed by atoms with Crippen LogP contribution in [0.4, 0.5) is 0 Å². The van der Waals surface area contributed by atoms with E-state index in [0.29, 0.717) is 28.9 Å². The highest BCUT2D eigenvalue weighted by Gasteiger charge is 2.20. The summed E-state index contributed by atoms with van der Waals surface area (Å²) in [6, 6.07) is 6.64. The summed E-state index contributed by atoms with van der Waals surface area (Å²) in [5.41, 5.74) is 0.203. The number of ether oxygens (including phenoxy) is 1. The molecule has 0 bridgehead atoms. The summed E-state index contributed by atoms with van der Waals surface area (Å²) < 4.78 is 10.6. The molecule has 3 rings (SSSR count). The quantitative estimate of drug-likeness (QED) is 0.882. The van der Waals surface area contributed by atoms with Gasteiger partial charge < -0.3 is 14.5 Å². The Hall–Kier alpha value is -2.30. The Labute approximate surface area is 128 Å². The maximum Gasteiger partial charge on any atom is 0.337 e. The molecule has 0 atom stereocenters. The summed E-state index contributed by atoms with van der Waals surface area (Å²) >= 11 is 0. The Morgan fingerprint density at radius 2 is 2.09 bits per heavy atom. The number of hydrogen-bond acceptors (Lipinski definition) is 4. The Bertz CT molecular complexity index is 744. The number of carbonyl (C=O) groups excluding carboxylic acids is 1. The normalized spacial score (nSPS) is 15.1. The summed E-state index contributed by atoms with van der Waals surface area (Å²) in [5.74, 6) is 0.403. The Kier molecular flexibility index (Phi) is 4.13. The molecule has 1 saturated carbocycles. The molecular weight excluding hydrogens is 282 g/mol. The molecule has 22 heavy (non-hydrogen) atoms. The molecule has 5 nitrogen and oxygen atoms in total. The van der Waals surface area contributed by atoms with Crippen LogP contribution in [0.3, 0.4) is 0 Å². The molecule has 5 heteroatoms. The molecule has 0 saturated heterocycles. The molecule has 0 aliphatic heterocycles. The van der Waals surface area contributed by atoms with Gasteiger partial charge in [-0.2, -0.15) is 0 Å². The molecule has 1 aliphatic carbocycles. The first kappa shape index (κ1) is 14.6. The summed E-state index contributed by atoms with van der Waals surface area (Å²) in [5, 5.41) is 3.63. The van der Waals surface area contributed by atoms with Gasteiger partial charge in [0, 0.05) is 23.6 Å². The molecule has 2 aromatic rings. The minimum absolute atomic E-state index is 0.206. The Morgan fingerprint density at radius 3 is 2.82 bits per heavy atom. The van der Waals surface area contributed by atoms with E-state index >= 15 is 0 Å². The molecule has 1 heterocycles. The van der Waals surface area contributed by atoms with Crippen molar-refractivity contribution in [2.75, 3.05) is 6.61 Å². The number of benzene rings is 1. The fourth-order valence-electron chi connectivity index (χ4n) is 2.92. The van der Waals surface area contributed by atoms with Crippen molar-refractivity contribution in [1.29, 1.82) is 0 Å². The van der Waals surface area contributed by atoms with E-state index in [1.165, 1.54) is 6.07 Å². The zero-order valence-electron chi connectivity index (χ0n) is 12.6. The average molecular weight is 301 g/mol. The van der Waals surface area contributed by atoms with Crippen LogP contribution in [0.15, 0.2) is 33.5 Å². The van der Waals surface area contributed by atoms with Gasteiger partial charge in [0.1, 0.15) is 11.3 Å². The van der Waals surface area contributed by atoms with Crippen LogP contribution in [-0.2, 0) is 0 Å². The highest BCUT2D eigenvalue weighted by molar-refractivity contribution is 6.05. The second-order valence-electron chi connectivity index (χ2n) is 5.52. The van der Waals surface area contributed by atoms with Gasteiger partial charge in [-0.3, -0.25) is 4.79 Å². The molecule has 1 amide bonds. The van der Waals surface area contributed by atoms with Gasteiger partial charge in [0.15, 0.2) is 0 Å². The Balaban J connectivity index is 1.97. The van der Waals surface area contributed by atoms with Gasteiger partial charge >= 0.3 is 5.63 Å². The van der Waals surface area contributed by atoms with Gasteiger partial charge in [0.2, 0.25) is 0 Å². The van der Waals surface area contributed by atoms with Crippen LogP contribution in [0.5, 0.6) is 5.75 Å². The van der Waals surface area contributed by atoms with Crippen molar-refractivity contribution in [2.45, 2.75) is 38.6 Å². The number of fused-ring (bicyclic) bond motifs is 1. The van der Waals surface area contributed by atoms with E-state index in [1.54, 1.807) is 18.2 Å². The number of hydrogen-bond donors (Lipinski definition) is 1. The van der Waals surface area contributed by atoms with Crippen LogP contribution < -0.4 is 15.7 Å². The van der Waals surface area contributed by atoms with Crippen LogP contribution >= 0.6 is 0 Å².